The SMILES string of the molecule is CC[C@@]1(O)CCc2c(O)c3c(c(O)c2[C@H]1O[C@H]1C[C@@H](N(C)C)[C@@H](O[C@H]2C[C@H](N(C)C)[C@H](O[C@@H]4C[C@H](O)[C@@H](O[C@@H]5CC[C@@H](O[C@@H]6CC[C@H](O)[C@@H](C)O6)[C@@H](C)O5)[C@H](C)O4)[C@@H](C)O2)[C@@H](C)O1)C(=O)c1cccc(O)c1C3=O. The fraction of sp³-hybridized carbons (Fsp3) is 0.741. The molecule has 74 heavy (non-hydrogen) atoms. The third-order valence-electron chi connectivity index (χ3n) is 16.7. The number of phenolic OH excluding ortho intramolecular Hbond substituents is 3. The maximum atomic E-state index is 14.0. The van der Waals surface area contributed by atoms with Crippen LogP contribution in [-0.4, -0.2) is 196 Å². The molecule has 0 amide bonds. The number of ketones is 2. The van der Waals surface area contributed by atoms with Gasteiger partial charge in [0.1, 0.15) is 41.7 Å². The molecule has 6 N–H and O–H groups in total. The average Bonchev–Trinajstić information content (AvgIpc) is 3.34. The molecule has 20 heteroatoms. The van der Waals surface area contributed by atoms with Crippen LogP contribution in [0, 0.1) is 0 Å². The summed E-state index contributed by atoms with van der Waals surface area (Å²) in [6.45, 7) is 11.2. The number of fused-ring (bicyclic) bond motifs is 3. The van der Waals surface area contributed by atoms with E-state index in [2.05, 4.69) is 4.90 Å². The largest absolute Gasteiger partial charge is 0.507 e. The summed E-state index contributed by atoms with van der Waals surface area (Å²) in [6, 6.07) is 3.59. The van der Waals surface area contributed by atoms with Crippen LogP contribution in [0.1, 0.15) is 148 Å². The number of carbonyl (C=O) groups is 2. The minimum Gasteiger partial charge on any atom is -0.507 e. The molecule has 2 aliphatic carbocycles. The molecule has 0 unspecified atom stereocenters. The fourth-order valence-electron chi connectivity index (χ4n) is 12.3. The van der Waals surface area contributed by atoms with Gasteiger partial charge in [-0.15, -0.1) is 0 Å². The number of hydrogen-bond acceptors (Lipinski definition) is 20. The predicted molar refractivity (Wildman–Crippen MR) is 263 cm³/mol. The maximum absolute atomic E-state index is 14.0. The van der Waals surface area contributed by atoms with Gasteiger partial charge in [0.25, 0.3) is 0 Å². The number of likely N-dealkylation sites (N-methyl/N-ethyl adjacent to an activating group) is 2. The van der Waals surface area contributed by atoms with E-state index in [1.165, 1.54) is 18.2 Å². The average molecular weight is 1040 g/mol. The normalized spacial score (nSPS) is 40.7. The summed E-state index contributed by atoms with van der Waals surface area (Å²) in [5.74, 6) is -3.04. The molecule has 0 saturated carbocycles. The van der Waals surface area contributed by atoms with E-state index in [9.17, 15) is 40.2 Å². The number of ether oxygens (including phenoxy) is 10. The van der Waals surface area contributed by atoms with Crippen LogP contribution in [0.3, 0.4) is 0 Å². The van der Waals surface area contributed by atoms with Gasteiger partial charge in [-0.1, -0.05) is 19.1 Å². The zero-order chi connectivity index (χ0) is 53.2. The van der Waals surface area contributed by atoms with Crippen molar-refractivity contribution in [2.75, 3.05) is 28.2 Å². The molecule has 9 rings (SSSR count). The van der Waals surface area contributed by atoms with E-state index in [-0.39, 0.29) is 84.8 Å². The Morgan fingerprint density at radius 2 is 1.12 bits per heavy atom. The monoisotopic (exact) mass is 1040 g/mol. The lowest BCUT2D eigenvalue weighted by atomic mass is 9.71. The molecule has 2 aromatic carbocycles. The van der Waals surface area contributed by atoms with Crippen molar-refractivity contribution in [1.82, 2.24) is 9.80 Å². The fourth-order valence-corrected chi connectivity index (χ4v) is 12.3. The highest BCUT2D eigenvalue weighted by Crippen LogP contribution is 2.54. The lowest BCUT2D eigenvalue weighted by Crippen LogP contribution is -2.60. The van der Waals surface area contributed by atoms with E-state index in [4.69, 9.17) is 47.4 Å². The van der Waals surface area contributed by atoms with Crippen LogP contribution >= 0.6 is 0 Å². The molecular weight excluding hydrogens is 965 g/mol. The summed E-state index contributed by atoms with van der Waals surface area (Å²) in [6.07, 6.45) is -6.26. The Bertz CT molecular complexity index is 2340. The quantitative estimate of drug-likeness (QED) is 0.131. The molecule has 7 aliphatic rings. The zero-order valence-corrected chi connectivity index (χ0v) is 44.2. The Hall–Kier alpha value is -3.42. The van der Waals surface area contributed by atoms with Gasteiger partial charge in [-0.05, 0) is 101 Å². The van der Waals surface area contributed by atoms with Crippen LogP contribution in [0.15, 0.2) is 18.2 Å². The summed E-state index contributed by atoms with van der Waals surface area (Å²) in [4.78, 5) is 31.8. The molecular formula is C54H78N2O18. The standard InChI is InChI=1S/C54H78N2O18/c1-11-54(64)20-19-30-43(49(63)45-44(47(30)61)48(62)42-29(46(45)60)13-12-14-34(42)58)53(54)74-40-22-32(56(9)10)50(27(5)68-40)72-39-21-31(55(7)8)51(26(4)67-39)73-41-23-35(59)52(28(6)69-41)71-38-18-16-36(25(3)66-38)70-37-17-15-33(57)24(2)65-37/h12-14,24-28,31-33,35-41,50-53,57-59,61,63-64H,11,15-23H2,1-10H3/t24-,25-,26-,27-,28+,31+,32-,33+,35+,36-,37-,38-,39+,40+,41-,50+,51-,52+,53-,54-/m1/s1. The molecule has 0 radical (unpaired) electrons. The molecule has 412 valence electrons. The Labute approximate surface area is 433 Å². The Morgan fingerprint density at radius 1 is 0.595 bits per heavy atom. The molecule has 0 spiro atoms. The Kier molecular flexibility index (Phi) is 16.6. The number of benzene rings is 2. The van der Waals surface area contributed by atoms with E-state index < -0.39 is 132 Å². The predicted octanol–water partition coefficient (Wildman–Crippen LogP) is 4.30. The summed E-state index contributed by atoms with van der Waals surface area (Å²) in [5.41, 5.74) is -2.55. The summed E-state index contributed by atoms with van der Waals surface area (Å²) in [7, 11) is 7.78. The van der Waals surface area contributed by atoms with Crippen molar-refractivity contribution in [1.29, 1.82) is 0 Å². The molecule has 0 aromatic heterocycles. The van der Waals surface area contributed by atoms with Gasteiger partial charge in [-0.3, -0.25) is 9.59 Å². The number of aliphatic hydroxyl groups is 3. The summed E-state index contributed by atoms with van der Waals surface area (Å²) < 4.78 is 64.4. The van der Waals surface area contributed by atoms with E-state index in [1.807, 2.05) is 67.7 Å². The first-order chi connectivity index (χ1) is 35.1. The van der Waals surface area contributed by atoms with Crippen molar-refractivity contribution in [3.05, 3.63) is 51.6 Å². The molecule has 5 heterocycles. The highest BCUT2D eigenvalue weighted by molar-refractivity contribution is 6.31. The van der Waals surface area contributed by atoms with E-state index in [0.717, 1.165) is 0 Å². The highest BCUT2D eigenvalue weighted by Gasteiger charge is 2.52. The van der Waals surface area contributed by atoms with Crippen molar-refractivity contribution < 1.29 is 87.6 Å². The topological polar surface area (TPSA) is 254 Å². The van der Waals surface area contributed by atoms with Gasteiger partial charge in [0.2, 0.25) is 5.78 Å². The van der Waals surface area contributed by atoms with Crippen LogP contribution in [0.4, 0.5) is 0 Å². The Morgan fingerprint density at radius 3 is 1.70 bits per heavy atom. The molecule has 20 atom stereocenters. The van der Waals surface area contributed by atoms with Gasteiger partial charge in [0.05, 0.1) is 71.1 Å². The van der Waals surface area contributed by atoms with Gasteiger partial charge in [0, 0.05) is 60.9 Å². The molecule has 2 aromatic rings. The van der Waals surface area contributed by atoms with Crippen molar-refractivity contribution in [2.45, 2.75) is 228 Å². The van der Waals surface area contributed by atoms with E-state index in [1.54, 1.807) is 6.92 Å². The van der Waals surface area contributed by atoms with E-state index >= 15 is 0 Å². The molecule has 5 saturated heterocycles. The number of aliphatic hydroxyl groups excluding tert-OH is 2. The van der Waals surface area contributed by atoms with Crippen molar-refractivity contribution >= 4 is 11.6 Å². The minimum atomic E-state index is -1.56. The van der Waals surface area contributed by atoms with Crippen LogP contribution < -0.4 is 0 Å². The second-order valence-corrected chi connectivity index (χ2v) is 22.1. The summed E-state index contributed by atoms with van der Waals surface area (Å²) in [5, 5.41) is 68.0. The van der Waals surface area contributed by atoms with E-state index in [0.29, 0.717) is 32.1 Å². The molecule has 5 aliphatic heterocycles. The third-order valence-corrected chi connectivity index (χ3v) is 16.7. The second-order valence-electron chi connectivity index (χ2n) is 22.1. The second kappa shape index (κ2) is 22.1. The summed E-state index contributed by atoms with van der Waals surface area (Å²) >= 11 is 0. The van der Waals surface area contributed by atoms with Crippen molar-refractivity contribution in [2.24, 2.45) is 0 Å². The number of rotatable bonds is 13. The first kappa shape index (κ1) is 55.3. The van der Waals surface area contributed by atoms with Crippen LogP contribution in [0.2, 0.25) is 0 Å². The number of carbonyl (C=O) groups excluding carboxylic acids is 2. The Balaban J connectivity index is 0.825. The van der Waals surface area contributed by atoms with Gasteiger partial charge in [-0.2, -0.15) is 0 Å². The van der Waals surface area contributed by atoms with Crippen LogP contribution in [0.25, 0.3) is 0 Å². The highest BCUT2D eigenvalue weighted by atomic mass is 16.8. The molecule has 5 fully saturated rings. The van der Waals surface area contributed by atoms with Crippen LogP contribution in [-0.2, 0) is 53.8 Å². The van der Waals surface area contributed by atoms with Gasteiger partial charge in [0.15, 0.2) is 37.2 Å². The van der Waals surface area contributed by atoms with Crippen molar-refractivity contribution in [3.8, 4) is 17.2 Å². The smallest absolute Gasteiger partial charge is 0.202 e. The first-order valence-corrected chi connectivity index (χ1v) is 26.6. The van der Waals surface area contributed by atoms with Gasteiger partial charge in [-0.25, -0.2) is 0 Å². The number of phenols is 3. The minimum absolute atomic E-state index is 0.0115. The third kappa shape index (κ3) is 10.6. The van der Waals surface area contributed by atoms with Crippen molar-refractivity contribution in [3.63, 3.8) is 0 Å². The molecule has 0 bridgehead atoms. The lowest BCUT2D eigenvalue weighted by molar-refractivity contribution is -0.339. The maximum Gasteiger partial charge on any atom is 0.202 e. The first-order valence-electron chi connectivity index (χ1n) is 26.6. The lowest BCUT2D eigenvalue weighted by Gasteiger charge is -2.49. The van der Waals surface area contributed by atoms with Gasteiger partial charge >= 0.3 is 0 Å². The number of nitrogens with zero attached hydrogens (tertiary/aromatic N) is 2. The zero-order valence-electron chi connectivity index (χ0n) is 44.2. The number of aromatic hydroxyl groups is 3. The molecule has 20 nitrogen and oxygen atoms in total. The van der Waals surface area contributed by atoms with Gasteiger partial charge < -0.3 is 87.8 Å². The van der Waals surface area contributed by atoms with Crippen LogP contribution in [0.5, 0.6) is 17.2 Å². The number of hydrogen-bond donors (Lipinski definition) is 6.